The predicted octanol–water partition coefficient (Wildman–Crippen LogP) is 2.78. The van der Waals surface area contributed by atoms with Crippen LogP contribution in [0.4, 0.5) is 0 Å². The lowest BCUT2D eigenvalue weighted by molar-refractivity contribution is -0.138. The number of hydrogen-bond donors (Lipinski definition) is 1. The highest BCUT2D eigenvalue weighted by Crippen LogP contribution is 2.28. The minimum atomic E-state index is -0.383. The van der Waals surface area contributed by atoms with Gasteiger partial charge in [0, 0.05) is 56.8 Å². The Morgan fingerprint density at radius 2 is 2.00 bits per heavy atom. The van der Waals surface area contributed by atoms with Crippen LogP contribution in [0.25, 0.3) is 0 Å². The SMILES string of the molecule is C[C@H](CO)N1C[C@H](C)[C@@H](CN(C)C(=O)C2CCOCC2)Oc2ncc(C#CCc3ccccc3)cc2C1=O. The van der Waals surface area contributed by atoms with E-state index in [0.717, 1.165) is 18.4 Å². The maximum absolute atomic E-state index is 13.6. The molecule has 2 aromatic rings. The van der Waals surface area contributed by atoms with E-state index >= 15 is 0 Å². The normalized spacial score (nSPS) is 20.7. The van der Waals surface area contributed by atoms with Crippen LogP contribution < -0.4 is 4.74 Å². The number of carbonyl (C=O) groups is 2. The zero-order valence-corrected chi connectivity index (χ0v) is 22.4. The van der Waals surface area contributed by atoms with Crippen molar-refractivity contribution in [1.82, 2.24) is 14.8 Å². The van der Waals surface area contributed by atoms with Gasteiger partial charge in [-0.05, 0) is 31.4 Å². The van der Waals surface area contributed by atoms with Gasteiger partial charge in [0.1, 0.15) is 11.7 Å². The van der Waals surface area contributed by atoms with E-state index in [-0.39, 0.29) is 48.3 Å². The summed E-state index contributed by atoms with van der Waals surface area (Å²) in [5, 5.41) is 9.88. The molecule has 1 saturated heterocycles. The van der Waals surface area contributed by atoms with Crippen LogP contribution >= 0.6 is 0 Å². The van der Waals surface area contributed by atoms with E-state index in [1.807, 2.05) is 44.2 Å². The lowest BCUT2D eigenvalue weighted by Crippen LogP contribution is -2.51. The van der Waals surface area contributed by atoms with Crippen molar-refractivity contribution in [3.05, 3.63) is 59.3 Å². The average Bonchev–Trinajstić information content (AvgIpc) is 2.95. The van der Waals surface area contributed by atoms with Gasteiger partial charge in [-0.3, -0.25) is 9.59 Å². The summed E-state index contributed by atoms with van der Waals surface area (Å²) >= 11 is 0. The monoisotopic (exact) mass is 519 g/mol. The average molecular weight is 520 g/mol. The molecule has 0 bridgehead atoms. The van der Waals surface area contributed by atoms with Gasteiger partial charge in [-0.25, -0.2) is 4.98 Å². The summed E-state index contributed by atoms with van der Waals surface area (Å²) in [5.41, 5.74) is 2.04. The lowest BCUT2D eigenvalue weighted by Gasteiger charge is -2.38. The first-order valence-corrected chi connectivity index (χ1v) is 13.3. The van der Waals surface area contributed by atoms with Crippen molar-refractivity contribution in [2.45, 2.75) is 45.3 Å². The number of aliphatic hydroxyl groups excluding tert-OH is 1. The molecular formula is C30H37N3O5. The van der Waals surface area contributed by atoms with E-state index < -0.39 is 0 Å². The summed E-state index contributed by atoms with van der Waals surface area (Å²) in [6.07, 6.45) is 3.26. The number of nitrogens with zero attached hydrogens (tertiary/aromatic N) is 3. The predicted molar refractivity (Wildman–Crippen MR) is 144 cm³/mol. The molecule has 1 fully saturated rings. The number of rotatable bonds is 6. The number of benzene rings is 1. The standard InChI is InChI=1S/C30H37N3O5/c1-21-18-33(22(2)20-34)30(36)26-16-24(11-7-10-23-8-5-4-6-9-23)17-31-28(26)38-27(21)19-32(3)29(35)25-12-14-37-15-13-25/h4-6,8-9,16-17,21-22,25,27,34H,10,12-15,18-20H2,1-3H3/t21-,22+,27+/m0/s1. The first-order chi connectivity index (χ1) is 18.4. The third-order valence-corrected chi connectivity index (χ3v) is 7.29. The minimum absolute atomic E-state index is 0.0486. The van der Waals surface area contributed by atoms with E-state index in [0.29, 0.717) is 43.9 Å². The fourth-order valence-corrected chi connectivity index (χ4v) is 4.85. The molecule has 1 aromatic carbocycles. The molecule has 1 N–H and O–H groups in total. The molecule has 4 rings (SSSR count). The Bertz CT molecular complexity index is 1170. The number of hydrogen-bond acceptors (Lipinski definition) is 6. The molecule has 0 aliphatic carbocycles. The fourth-order valence-electron chi connectivity index (χ4n) is 4.85. The van der Waals surface area contributed by atoms with Crippen LogP contribution in [0.15, 0.2) is 42.6 Å². The molecule has 2 amide bonds. The Hall–Kier alpha value is -3.41. The maximum atomic E-state index is 13.6. The van der Waals surface area contributed by atoms with E-state index in [1.165, 1.54) is 0 Å². The smallest absolute Gasteiger partial charge is 0.259 e. The molecular weight excluding hydrogens is 482 g/mol. The molecule has 8 nitrogen and oxygen atoms in total. The van der Waals surface area contributed by atoms with Crippen molar-refractivity contribution >= 4 is 11.8 Å². The molecule has 38 heavy (non-hydrogen) atoms. The first-order valence-electron chi connectivity index (χ1n) is 13.3. The zero-order chi connectivity index (χ0) is 27.1. The van der Waals surface area contributed by atoms with E-state index in [4.69, 9.17) is 9.47 Å². The summed E-state index contributed by atoms with van der Waals surface area (Å²) in [6, 6.07) is 11.3. The molecule has 0 spiro atoms. The van der Waals surface area contributed by atoms with Crippen molar-refractivity contribution in [2.75, 3.05) is 40.0 Å². The molecule has 2 aliphatic heterocycles. The van der Waals surface area contributed by atoms with Gasteiger partial charge in [0.25, 0.3) is 5.91 Å². The van der Waals surface area contributed by atoms with Gasteiger partial charge in [0.2, 0.25) is 11.8 Å². The van der Waals surface area contributed by atoms with Gasteiger partial charge in [0.05, 0.1) is 19.2 Å². The highest BCUT2D eigenvalue weighted by Gasteiger charge is 2.35. The van der Waals surface area contributed by atoms with Gasteiger partial charge in [-0.15, -0.1) is 0 Å². The molecule has 3 heterocycles. The molecule has 8 heteroatoms. The third-order valence-electron chi connectivity index (χ3n) is 7.29. The van der Waals surface area contributed by atoms with Gasteiger partial charge in [0.15, 0.2) is 0 Å². The van der Waals surface area contributed by atoms with Gasteiger partial charge < -0.3 is 24.4 Å². The molecule has 0 radical (unpaired) electrons. The quantitative estimate of drug-likeness (QED) is 0.590. The third kappa shape index (κ3) is 6.72. The van der Waals surface area contributed by atoms with Gasteiger partial charge in [-0.1, -0.05) is 49.1 Å². The van der Waals surface area contributed by atoms with Crippen LogP contribution in [-0.2, 0) is 16.0 Å². The summed E-state index contributed by atoms with van der Waals surface area (Å²) in [5.74, 6) is 6.17. The summed E-state index contributed by atoms with van der Waals surface area (Å²) in [6.45, 7) is 5.61. The lowest BCUT2D eigenvalue weighted by atomic mass is 9.97. The van der Waals surface area contributed by atoms with E-state index in [9.17, 15) is 14.7 Å². The second kappa shape index (κ2) is 12.9. The summed E-state index contributed by atoms with van der Waals surface area (Å²) in [4.78, 5) is 34.6. The topological polar surface area (TPSA) is 92.2 Å². The van der Waals surface area contributed by atoms with Crippen LogP contribution in [-0.4, -0.2) is 83.8 Å². The van der Waals surface area contributed by atoms with Crippen LogP contribution in [0.2, 0.25) is 0 Å². The molecule has 0 saturated carbocycles. The number of likely N-dealkylation sites (N-methyl/N-ethyl adjacent to an activating group) is 1. The Morgan fingerprint density at radius 1 is 1.26 bits per heavy atom. The minimum Gasteiger partial charge on any atom is -0.472 e. The molecule has 0 unspecified atom stereocenters. The number of amides is 2. The van der Waals surface area contributed by atoms with Crippen LogP contribution in [0.3, 0.4) is 0 Å². The first kappa shape index (κ1) is 27.6. The maximum Gasteiger partial charge on any atom is 0.259 e. The number of fused-ring (bicyclic) bond motifs is 1. The summed E-state index contributed by atoms with van der Waals surface area (Å²) < 4.78 is 11.7. The molecule has 202 valence electrons. The van der Waals surface area contributed by atoms with Crippen LogP contribution in [0, 0.1) is 23.7 Å². The van der Waals surface area contributed by atoms with Crippen molar-refractivity contribution < 1.29 is 24.2 Å². The second-order valence-corrected chi connectivity index (χ2v) is 10.3. The largest absolute Gasteiger partial charge is 0.472 e. The number of ether oxygens (including phenoxy) is 2. The fraction of sp³-hybridized carbons (Fsp3) is 0.500. The second-order valence-electron chi connectivity index (χ2n) is 10.3. The molecule has 2 aliphatic rings. The van der Waals surface area contributed by atoms with E-state index in [2.05, 4.69) is 16.8 Å². The van der Waals surface area contributed by atoms with Crippen molar-refractivity contribution in [3.8, 4) is 17.7 Å². The zero-order valence-electron chi connectivity index (χ0n) is 22.4. The number of aromatic nitrogens is 1. The van der Waals surface area contributed by atoms with Gasteiger partial charge in [-0.2, -0.15) is 0 Å². The summed E-state index contributed by atoms with van der Waals surface area (Å²) in [7, 11) is 1.80. The van der Waals surface area contributed by atoms with E-state index in [1.54, 1.807) is 29.1 Å². The number of aliphatic hydroxyl groups is 1. The van der Waals surface area contributed by atoms with Crippen molar-refractivity contribution in [2.24, 2.45) is 11.8 Å². The number of pyridine rings is 1. The van der Waals surface area contributed by atoms with Crippen LogP contribution in [0.1, 0.15) is 48.2 Å². The highest BCUT2D eigenvalue weighted by molar-refractivity contribution is 5.97. The Morgan fingerprint density at radius 3 is 2.71 bits per heavy atom. The Balaban J connectivity index is 1.58. The highest BCUT2D eigenvalue weighted by atomic mass is 16.5. The Kier molecular flexibility index (Phi) is 9.38. The Labute approximate surface area is 224 Å². The van der Waals surface area contributed by atoms with Gasteiger partial charge >= 0.3 is 0 Å². The molecule has 1 aromatic heterocycles. The van der Waals surface area contributed by atoms with Crippen LogP contribution in [0.5, 0.6) is 5.88 Å². The molecule has 3 atom stereocenters. The van der Waals surface area contributed by atoms with Crippen molar-refractivity contribution in [3.63, 3.8) is 0 Å². The van der Waals surface area contributed by atoms with Crippen molar-refractivity contribution in [1.29, 1.82) is 0 Å². The number of carbonyl (C=O) groups excluding carboxylic acids is 2.